The molecule has 0 radical (unpaired) electrons. The van der Waals surface area contributed by atoms with Gasteiger partial charge in [-0.05, 0) is 76.3 Å². The van der Waals surface area contributed by atoms with E-state index in [2.05, 4.69) is 21.3 Å². The van der Waals surface area contributed by atoms with Crippen molar-refractivity contribution in [2.75, 3.05) is 143 Å². The van der Waals surface area contributed by atoms with Crippen molar-refractivity contribution in [1.82, 2.24) is 30.6 Å². The number of amides is 5. The Labute approximate surface area is 485 Å². The molecule has 27 nitrogen and oxygen atoms in total. The van der Waals surface area contributed by atoms with Crippen LogP contribution in [0, 0.1) is 5.92 Å². The smallest absolute Gasteiger partial charge is 0.413 e. The lowest BCUT2D eigenvalue weighted by Gasteiger charge is -2.25. The molecule has 2 aromatic carbocycles. The average molecular weight is 1170 g/mol. The summed E-state index contributed by atoms with van der Waals surface area (Å²) in [5.74, 6) is 3.50. The van der Waals surface area contributed by atoms with Crippen molar-refractivity contribution in [3.05, 3.63) is 59.9 Å². The number of fused-ring (bicyclic) bond motifs is 3. The third-order valence-corrected chi connectivity index (χ3v) is 11.9. The lowest BCUT2D eigenvalue weighted by molar-refractivity contribution is -0.134. The van der Waals surface area contributed by atoms with Crippen LogP contribution in [0.15, 0.2) is 48.5 Å². The lowest BCUT2D eigenvalue weighted by atomic mass is 10.0. The minimum Gasteiger partial charge on any atom is -0.444 e. The molecule has 0 aliphatic rings. The van der Waals surface area contributed by atoms with Crippen LogP contribution in [0.3, 0.4) is 0 Å². The number of hydrogen-bond donors (Lipinski definition) is 8. The van der Waals surface area contributed by atoms with Crippen LogP contribution in [-0.4, -0.2) is 199 Å². The second-order valence-corrected chi connectivity index (χ2v) is 19.7. The fourth-order valence-corrected chi connectivity index (χ4v) is 7.83. The number of nitrogens with one attached hydrogen (secondary N) is 5. The molecule has 2 atom stereocenters. The van der Waals surface area contributed by atoms with Crippen LogP contribution >= 0.6 is 0 Å². The summed E-state index contributed by atoms with van der Waals surface area (Å²) in [6, 6.07) is 12.3. The Morgan fingerprint density at radius 3 is 1.67 bits per heavy atom. The molecule has 0 unspecified atom stereocenters. The van der Waals surface area contributed by atoms with Crippen molar-refractivity contribution in [2.24, 2.45) is 17.5 Å². The molecule has 0 saturated heterocycles. The maximum Gasteiger partial charge on any atom is 0.413 e. The van der Waals surface area contributed by atoms with Gasteiger partial charge in [0.25, 0.3) is 5.91 Å². The topological polar surface area (TPSA) is 350 Å². The van der Waals surface area contributed by atoms with E-state index in [-0.39, 0.29) is 64.5 Å². The molecule has 5 amide bonds. The van der Waals surface area contributed by atoms with Crippen molar-refractivity contribution in [3.8, 4) is 0 Å². The number of unbranched alkanes of at least 4 members (excludes halogenated alkanes) is 1. The number of hydrogen-bond acceptors (Lipinski definition) is 21. The van der Waals surface area contributed by atoms with Crippen LogP contribution in [0.5, 0.6) is 0 Å². The van der Waals surface area contributed by atoms with E-state index in [9.17, 15) is 29.1 Å². The predicted molar refractivity (Wildman–Crippen MR) is 307 cm³/mol. The molecule has 83 heavy (non-hydrogen) atoms. The number of anilines is 2. The largest absolute Gasteiger partial charge is 0.444 e. The standard InChI is InChI=1S/C56H88N10O17/c1-6-73-36-46-62-50-51(66(46)39-56(4,5)72)43-11-7-8-12-44(43)60-52(50)64-55(71)83-35-41-14-16-42(17-15-41)59-53(69)45(13-9-10-18-57)61-54(70)49(40(2)3)63-47(67)37-81-33-31-79-29-27-77-25-23-75-21-19-74-20-22-76-24-26-78-28-30-80-32-34-82-38-48(68)65-58/h7-8,11-12,14-17,40,45,49,72H,6,9-10,13,18-39,57-58H2,1-5H3,(H,59,69)(H,61,70)(H,63,67)(H,65,68)(H,60,64,71)/t45-,49-/m0/s1. The van der Waals surface area contributed by atoms with Crippen LogP contribution in [0.2, 0.25) is 0 Å². The fraction of sp³-hybridized carbons (Fsp3) is 0.625. The van der Waals surface area contributed by atoms with E-state index in [1.165, 1.54) is 0 Å². The van der Waals surface area contributed by atoms with Crippen LogP contribution in [0.1, 0.15) is 65.3 Å². The molecule has 464 valence electrons. The summed E-state index contributed by atoms with van der Waals surface area (Å²) < 4.78 is 62.0. The van der Waals surface area contributed by atoms with Gasteiger partial charge in [0.15, 0.2) is 5.82 Å². The summed E-state index contributed by atoms with van der Waals surface area (Å²) in [4.78, 5) is 73.9. The molecule has 0 aliphatic carbocycles. The first-order chi connectivity index (χ1) is 40.1. The van der Waals surface area contributed by atoms with Crippen LogP contribution in [0.4, 0.5) is 16.3 Å². The monoisotopic (exact) mass is 1170 g/mol. The number of nitrogens with zero attached hydrogens (tertiary/aromatic N) is 3. The van der Waals surface area contributed by atoms with Gasteiger partial charge in [0.2, 0.25) is 17.7 Å². The number of aromatic nitrogens is 3. The van der Waals surface area contributed by atoms with Gasteiger partial charge in [-0.2, -0.15) is 0 Å². The third kappa shape index (κ3) is 27.9. The van der Waals surface area contributed by atoms with E-state index in [4.69, 9.17) is 73.6 Å². The van der Waals surface area contributed by atoms with Crippen molar-refractivity contribution < 1.29 is 81.2 Å². The molecule has 0 saturated carbocycles. The van der Waals surface area contributed by atoms with E-state index in [1.807, 2.05) is 41.2 Å². The van der Waals surface area contributed by atoms with Gasteiger partial charge in [-0.15, -0.1) is 0 Å². The highest BCUT2D eigenvalue weighted by Crippen LogP contribution is 2.32. The van der Waals surface area contributed by atoms with Gasteiger partial charge >= 0.3 is 6.09 Å². The first kappa shape index (κ1) is 69.4. The molecule has 0 aliphatic heterocycles. The predicted octanol–water partition coefficient (Wildman–Crippen LogP) is 2.47. The average Bonchev–Trinajstić information content (AvgIpc) is 2.51. The first-order valence-corrected chi connectivity index (χ1v) is 28.0. The first-order valence-electron chi connectivity index (χ1n) is 28.0. The molecule has 0 fully saturated rings. The summed E-state index contributed by atoms with van der Waals surface area (Å²) in [5.41, 5.74) is 9.42. The third-order valence-electron chi connectivity index (χ3n) is 11.9. The second kappa shape index (κ2) is 40.3. The van der Waals surface area contributed by atoms with E-state index >= 15 is 0 Å². The summed E-state index contributed by atoms with van der Waals surface area (Å²) in [7, 11) is 0. The van der Waals surface area contributed by atoms with Crippen LogP contribution in [0.25, 0.3) is 21.9 Å². The van der Waals surface area contributed by atoms with Gasteiger partial charge in [0.1, 0.15) is 49.9 Å². The fourth-order valence-electron chi connectivity index (χ4n) is 7.83. The number of pyridine rings is 1. The molecule has 10 N–H and O–H groups in total. The van der Waals surface area contributed by atoms with Crippen LogP contribution in [-0.2, 0) is 91.0 Å². The normalized spacial score (nSPS) is 12.4. The Morgan fingerprint density at radius 1 is 0.639 bits per heavy atom. The van der Waals surface area contributed by atoms with E-state index < -0.39 is 47.4 Å². The summed E-state index contributed by atoms with van der Waals surface area (Å²) in [5, 5.41) is 22.8. The van der Waals surface area contributed by atoms with Gasteiger partial charge < -0.3 is 83.5 Å². The van der Waals surface area contributed by atoms with Crippen LogP contribution < -0.4 is 38.3 Å². The quantitative estimate of drug-likeness (QED) is 0.0136. The Bertz CT molecular complexity index is 2510. The van der Waals surface area contributed by atoms with E-state index in [0.29, 0.717) is 152 Å². The molecule has 27 heteroatoms. The highest BCUT2D eigenvalue weighted by molar-refractivity contribution is 6.09. The van der Waals surface area contributed by atoms with Gasteiger partial charge in [-0.3, -0.25) is 29.9 Å². The minimum absolute atomic E-state index is 0.108. The number of hydrazine groups is 1. The number of carbonyl (C=O) groups is 5. The number of rotatable bonds is 46. The molecule has 0 bridgehead atoms. The van der Waals surface area contributed by atoms with Crippen molar-refractivity contribution in [2.45, 2.75) is 91.3 Å². The molecule has 4 aromatic rings. The Balaban J connectivity index is 1.08. The lowest BCUT2D eigenvalue weighted by Crippen LogP contribution is -2.55. The Hall–Kier alpha value is -6.05. The maximum atomic E-state index is 13.7. The zero-order valence-electron chi connectivity index (χ0n) is 48.7. The zero-order valence-corrected chi connectivity index (χ0v) is 48.7. The number of carbonyl (C=O) groups excluding carboxylic acids is 5. The SMILES string of the molecule is CCOCc1nc2c(NC(=O)OCc3ccc(NC(=O)[C@H](CCCCN)NC(=O)[C@@H](NC(=O)COCCOCCOCCOCCOCCOCCOCCOCCOCC(=O)NN)C(C)C)cc3)nc3ccccc3c2n1CC(C)(C)O. The maximum absolute atomic E-state index is 13.7. The van der Waals surface area contributed by atoms with Gasteiger partial charge in [0.05, 0.1) is 129 Å². The molecular formula is C56H88N10O17. The zero-order chi connectivity index (χ0) is 60.1. The number of ether oxygens (including phenoxy) is 11. The Kier molecular flexibility index (Phi) is 33.7. The van der Waals surface area contributed by atoms with Gasteiger partial charge in [-0.1, -0.05) is 44.2 Å². The number of nitrogens with two attached hydrogens (primary N) is 2. The molecule has 0 spiro atoms. The summed E-state index contributed by atoms with van der Waals surface area (Å²) in [6.07, 6.45) is 0.725. The number of para-hydroxylation sites is 1. The number of imidazole rings is 1. The molecule has 2 heterocycles. The molecule has 2 aromatic heterocycles. The molecule has 4 rings (SSSR count). The van der Waals surface area contributed by atoms with Gasteiger partial charge in [0, 0.05) is 17.7 Å². The van der Waals surface area contributed by atoms with Crippen molar-refractivity contribution in [3.63, 3.8) is 0 Å². The second-order valence-electron chi connectivity index (χ2n) is 19.7. The van der Waals surface area contributed by atoms with Crippen molar-refractivity contribution in [1.29, 1.82) is 0 Å². The highest BCUT2D eigenvalue weighted by Gasteiger charge is 2.29. The van der Waals surface area contributed by atoms with E-state index in [1.54, 1.807) is 52.0 Å². The Morgan fingerprint density at radius 2 is 1.17 bits per heavy atom. The summed E-state index contributed by atoms with van der Waals surface area (Å²) in [6.45, 7) is 15.4. The summed E-state index contributed by atoms with van der Waals surface area (Å²) >= 11 is 0. The molecular weight excluding hydrogens is 1080 g/mol. The van der Waals surface area contributed by atoms with Gasteiger partial charge in [-0.25, -0.2) is 20.6 Å². The number of aliphatic hydroxyl groups is 1. The number of benzene rings is 2. The minimum atomic E-state index is -1.08. The van der Waals surface area contributed by atoms with E-state index in [0.717, 1.165) is 5.39 Å². The highest BCUT2D eigenvalue weighted by atomic mass is 16.6. The van der Waals surface area contributed by atoms with Crippen molar-refractivity contribution >= 4 is 63.2 Å².